The minimum Gasteiger partial charge on any atom is -0.378 e. The highest BCUT2D eigenvalue weighted by Crippen LogP contribution is 2.28. The first-order chi connectivity index (χ1) is 15.5. The van der Waals surface area contributed by atoms with Crippen molar-refractivity contribution in [1.29, 1.82) is 0 Å². The van der Waals surface area contributed by atoms with Crippen LogP contribution in [-0.2, 0) is 4.74 Å². The molecular formula is C24H28ClN5O2S. The molecule has 0 amide bonds. The van der Waals surface area contributed by atoms with Gasteiger partial charge < -0.3 is 14.5 Å². The first-order valence-electron chi connectivity index (χ1n) is 10.6. The highest BCUT2D eigenvalue weighted by Gasteiger charge is 2.20. The minimum absolute atomic E-state index is 0. The van der Waals surface area contributed by atoms with Gasteiger partial charge in [0.15, 0.2) is 5.78 Å². The lowest BCUT2D eigenvalue weighted by Gasteiger charge is -2.32. The molecule has 0 saturated carbocycles. The van der Waals surface area contributed by atoms with Gasteiger partial charge in [-0.25, -0.2) is 4.98 Å². The normalized spacial score (nSPS) is 15.0. The predicted octanol–water partition coefficient (Wildman–Crippen LogP) is 4.22. The topological polar surface area (TPSA) is 70.9 Å². The summed E-state index contributed by atoms with van der Waals surface area (Å²) in [5.74, 6) is 1.32. The summed E-state index contributed by atoms with van der Waals surface area (Å²) in [6, 6.07) is 17.1. The molecule has 0 radical (unpaired) electrons. The summed E-state index contributed by atoms with van der Waals surface area (Å²) in [4.78, 5) is 26.4. The number of guanidine groups is 1. The maximum Gasteiger partial charge on any atom is 0.264 e. The summed E-state index contributed by atoms with van der Waals surface area (Å²) in [6.07, 6.45) is 0. The van der Waals surface area contributed by atoms with Crippen molar-refractivity contribution in [2.75, 3.05) is 40.4 Å². The Morgan fingerprint density at radius 3 is 2.48 bits per heavy atom. The minimum atomic E-state index is 0. The van der Waals surface area contributed by atoms with Crippen LogP contribution in [0.3, 0.4) is 0 Å². The molecule has 0 spiro atoms. The number of benzene rings is 2. The number of aliphatic imine (C=N–C) groups is 1. The molecule has 1 aliphatic heterocycles. The Kier molecular flexibility index (Phi) is 8.55. The van der Waals surface area contributed by atoms with Crippen molar-refractivity contribution in [3.05, 3.63) is 76.3 Å². The van der Waals surface area contributed by atoms with E-state index in [2.05, 4.69) is 21.2 Å². The number of aromatic nitrogens is 2. The molecule has 0 aliphatic carbocycles. The smallest absolute Gasteiger partial charge is 0.264 e. The Labute approximate surface area is 204 Å². The second kappa shape index (κ2) is 11.4. The number of morpholine rings is 1. The lowest BCUT2D eigenvalue weighted by Crippen LogP contribution is -2.46. The van der Waals surface area contributed by atoms with Gasteiger partial charge in [0.25, 0.3) is 5.95 Å². The summed E-state index contributed by atoms with van der Waals surface area (Å²) in [7, 11) is 3.94. The van der Waals surface area contributed by atoms with Gasteiger partial charge in [-0.05, 0) is 23.2 Å². The highest BCUT2D eigenvalue weighted by molar-refractivity contribution is 7.05. The van der Waals surface area contributed by atoms with E-state index in [9.17, 15) is 4.79 Å². The third kappa shape index (κ3) is 5.96. The van der Waals surface area contributed by atoms with E-state index in [1.54, 1.807) is 0 Å². The van der Waals surface area contributed by atoms with Crippen molar-refractivity contribution in [3.8, 4) is 0 Å². The summed E-state index contributed by atoms with van der Waals surface area (Å²) < 4.78 is 9.93. The summed E-state index contributed by atoms with van der Waals surface area (Å²) in [5, 5.41) is 0.869. The second-order valence-corrected chi connectivity index (χ2v) is 8.66. The summed E-state index contributed by atoms with van der Waals surface area (Å²) in [5.41, 5.74) is 2.38. The van der Waals surface area contributed by atoms with Crippen molar-refractivity contribution < 1.29 is 9.53 Å². The monoisotopic (exact) mass is 485 g/mol. The molecule has 1 atom stereocenters. The van der Waals surface area contributed by atoms with Crippen LogP contribution in [0, 0.1) is 0 Å². The van der Waals surface area contributed by atoms with Crippen molar-refractivity contribution in [2.24, 2.45) is 4.99 Å². The molecule has 3 aromatic rings. The molecule has 2 aromatic carbocycles. The number of rotatable bonds is 5. The Morgan fingerprint density at radius 1 is 1.09 bits per heavy atom. The molecule has 2 heterocycles. The molecule has 1 aliphatic rings. The van der Waals surface area contributed by atoms with E-state index in [4.69, 9.17) is 9.73 Å². The molecular weight excluding hydrogens is 458 g/mol. The van der Waals surface area contributed by atoms with Crippen LogP contribution in [0.5, 0.6) is 0 Å². The van der Waals surface area contributed by atoms with Gasteiger partial charge in [0.2, 0.25) is 5.96 Å². The molecule has 0 N–H and O–H groups in total. The maximum atomic E-state index is 12.8. The van der Waals surface area contributed by atoms with E-state index in [-0.39, 0.29) is 24.1 Å². The van der Waals surface area contributed by atoms with Gasteiger partial charge >= 0.3 is 0 Å². The fourth-order valence-corrected chi connectivity index (χ4v) is 4.28. The van der Waals surface area contributed by atoms with Crippen molar-refractivity contribution in [1.82, 2.24) is 19.2 Å². The van der Waals surface area contributed by atoms with Gasteiger partial charge in [-0.2, -0.15) is 9.37 Å². The SMILES string of the molecule is CC(c1cccc(C(=O)c2ccccc2)c1)c1nc(/N=C(\N(C)C)N2CCOCC2)ns1.Cl. The quantitative estimate of drug-likeness (QED) is 0.306. The van der Waals surface area contributed by atoms with E-state index < -0.39 is 0 Å². The Balaban J connectivity index is 0.00000306. The molecule has 4 rings (SSSR count). The molecule has 9 heteroatoms. The third-order valence-corrected chi connectivity index (χ3v) is 6.27. The standard InChI is InChI=1S/C24H27N5O2S.ClH/c1-17(19-10-7-11-20(16-19)21(30)18-8-5-4-6-9-18)22-25-23(27-32-22)26-24(28(2)3)29-12-14-31-15-13-29;/h4-11,16-17H,12-15H2,1-3H3;1H/b26-24+;. The van der Waals surface area contributed by atoms with Crippen LogP contribution in [0.2, 0.25) is 0 Å². The van der Waals surface area contributed by atoms with E-state index >= 15 is 0 Å². The van der Waals surface area contributed by atoms with Gasteiger partial charge in [-0.3, -0.25) is 4.79 Å². The molecule has 1 unspecified atom stereocenters. The Hall–Kier alpha value is -2.81. The average molecular weight is 486 g/mol. The Morgan fingerprint density at radius 2 is 1.79 bits per heavy atom. The van der Waals surface area contributed by atoms with Crippen LogP contribution >= 0.6 is 23.9 Å². The first-order valence-corrected chi connectivity index (χ1v) is 11.4. The molecule has 1 fully saturated rings. The number of nitrogens with zero attached hydrogens (tertiary/aromatic N) is 5. The number of carbonyl (C=O) groups is 1. The highest BCUT2D eigenvalue weighted by atomic mass is 35.5. The molecule has 1 saturated heterocycles. The summed E-state index contributed by atoms with van der Waals surface area (Å²) in [6.45, 7) is 5.06. The molecule has 0 bridgehead atoms. The first kappa shape index (κ1) is 24.8. The van der Waals surface area contributed by atoms with Gasteiger partial charge in [0, 0.05) is 44.2 Å². The van der Waals surface area contributed by atoms with Crippen LogP contribution in [0.1, 0.15) is 39.3 Å². The lowest BCUT2D eigenvalue weighted by atomic mass is 9.96. The summed E-state index contributed by atoms with van der Waals surface area (Å²) >= 11 is 1.35. The van der Waals surface area contributed by atoms with Gasteiger partial charge in [0.1, 0.15) is 5.01 Å². The van der Waals surface area contributed by atoms with Crippen LogP contribution in [0.25, 0.3) is 0 Å². The van der Waals surface area contributed by atoms with Crippen LogP contribution in [0.4, 0.5) is 5.95 Å². The number of halogens is 1. The van der Waals surface area contributed by atoms with Crippen molar-refractivity contribution >= 4 is 41.6 Å². The van der Waals surface area contributed by atoms with Crippen LogP contribution in [0.15, 0.2) is 59.6 Å². The average Bonchev–Trinajstić information content (AvgIpc) is 3.31. The maximum absolute atomic E-state index is 12.8. The number of carbonyl (C=O) groups excluding carboxylic acids is 1. The van der Waals surface area contributed by atoms with E-state index in [0.717, 1.165) is 29.6 Å². The molecule has 7 nitrogen and oxygen atoms in total. The second-order valence-electron chi connectivity index (χ2n) is 7.88. The number of hydrogen-bond donors (Lipinski definition) is 0. The number of hydrogen-bond acceptors (Lipinski definition) is 6. The largest absolute Gasteiger partial charge is 0.378 e. The zero-order chi connectivity index (χ0) is 22.5. The molecule has 33 heavy (non-hydrogen) atoms. The molecule has 1 aromatic heterocycles. The Bertz CT molecular complexity index is 1100. The third-order valence-electron chi connectivity index (χ3n) is 5.38. The van der Waals surface area contributed by atoms with Gasteiger partial charge in [-0.1, -0.05) is 55.5 Å². The van der Waals surface area contributed by atoms with E-state index in [1.165, 1.54) is 11.5 Å². The number of ether oxygens (including phenoxy) is 1. The fraction of sp³-hybridized carbons (Fsp3) is 0.333. The number of ketones is 1. The van der Waals surface area contributed by atoms with Crippen LogP contribution < -0.4 is 0 Å². The lowest BCUT2D eigenvalue weighted by molar-refractivity contribution is 0.0638. The predicted molar refractivity (Wildman–Crippen MR) is 134 cm³/mol. The van der Waals surface area contributed by atoms with Crippen molar-refractivity contribution in [3.63, 3.8) is 0 Å². The van der Waals surface area contributed by atoms with E-state index in [0.29, 0.717) is 30.3 Å². The zero-order valence-electron chi connectivity index (χ0n) is 19.0. The van der Waals surface area contributed by atoms with E-state index in [1.807, 2.05) is 73.6 Å². The fourth-order valence-electron chi connectivity index (χ4n) is 3.60. The van der Waals surface area contributed by atoms with Crippen molar-refractivity contribution in [2.45, 2.75) is 12.8 Å². The van der Waals surface area contributed by atoms with Gasteiger partial charge in [-0.15, -0.1) is 12.4 Å². The zero-order valence-corrected chi connectivity index (χ0v) is 20.6. The molecule has 174 valence electrons. The van der Waals surface area contributed by atoms with Gasteiger partial charge in [0.05, 0.1) is 13.2 Å². The van der Waals surface area contributed by atoms with Crippen LogP contribution in [-0.4, -0.2) is 71.3 Å².